The van der Waals surface area contributed by atoms with Crippen LogP contribution in [0.2, 0.25) is 0 Å². The van der Waals surface area contributed by atoms with E-state index < -0.39 is 23.8 Å². The summed E-state index contributed by atoms with van der Waals surface area (Å²) in [6.07, 6.45) is -1.21. The third-order valence-electron chi connectivity index (χ3n) is 2.32. The first kappa shape index (κ1) is 10.3. The van der Waals surface area contributed by atoms with Crippen LogP contribution in [0.3, 0.4) is 0 Å². The summed E-state index contributed by atoms with van der Waals surface area (Å²) in [7, 11) is 0. The van der Waals surface area contributed by atoms with Gasteiger partial charge in [-0.2, -0.15) is 4.39 Å². The van der Waals surface area contributed by atoms with E-state index in [2.05, 4.69) is 5.32 Å². The van der Waals surface area contributed by atoms with Gasteiger partial charge >= 0.3 is 0 Å². The second-order valence-electron chi connectivity index (χ2n) is 3.43. The molecule has 0 saturated carbocycles. The highest BCUT2D eigenvalue weighted by Crippen LogP contribution is 2.21. The lowest BCUT2D eigenvalue weighted by atomic mass is 10.2. The van der Waals surface area contributed by atoms with Crippen LogP contribution >= 0.6 is 0 Å². The van der Waals surface area contributed by atoms with Crippen molar-refractivity contribution in [1.82, 2.24) is 5.32 Å². The molecule has 0 spiro atoms. The number of hydrogen-bond donors (Lipinski definition) is 2. The molecule has 2 N–H and O–H groups in total. The van der Waals surface area contributed by atoms with E-state index in [1.165, 1.54) is 12.1 Å². The number of rotatable bonds is 2. The van der Waals surface area contributed by atoms with E-state index in [4.69, 9.17) is 4.74 Å². The van der Waals surface area contributed by atoms with Crippen molar-refractivity contribution in [2.75, 3.05) is 13.1 Å². The topological polar surface area (TPSA) is 41.5 Å². The lowest BCUT2D eigenvalue weighted by molar-refractivity contribution is 0.0705. The molecule has 3 nitrogen and oxygen atoms in total. The van der Waals surface area contributed by atoms with Crippen LogP contribution in [0.15, 0.2) is 18.2 Å². The van der Waals surface area contributed by atoms with E-state index in [-0.39, 0.29) is 5.75 Å². The van der Waals surface area contributed by atoms with Gasteiger partial charge in [-0.15, -0.1) is 0 Å². The number of hydrogen-bond acceptors (Lipinski definition) is 3. The average Bonchev–Trinajstić information content (AvgIpc) is 2.60. The molecular weight excluding hydrogens is 204 g/mol. The molecule has 1 aliphatic rings. The number of aliphatic hydroxyl groups excluding tert-OH is 1. The number of nitrogens with one attached hydrogen (secondary N) is 1. The molecule has 82 valence electrons. The van der Waals surface area contributed by atoms with Crippen molar-refractivity contribution < 1.29 is 18.6 Å². The molecule has 0 amide bonds. The highest BCUT2D eigenvalue weighted by Gasteiger charge is 2.27. The number of ether oxygens (including phenoxy) is 1. The van der Waals surface area contributed by atoms with Crippen molar-refractivity contribution in [2.24, 2.45) is 0 Å². The molecule has 0 aromatic heterocycles. The minimum Gasteiger partial charge on any atom is -0.483 e. The van der Waals surface area contributed by atoms with Crippen LogP contribution in [0.4, 0.5) is 8.78 Å². The molecule has 15 heavy (non-hydrogen) atoms. The first-order valence-corrected chi connectivity index (χ1v) is 4.68. The summed E-state index contributed by atoms with van der Waals surface area (Å²) in [5, 5.41) is 12.3. The molecule has 0 bridgehead atoms. The van der Waals surface area contributed by atoms with Crippen LogP contribution in [0.5, 0.6) is 5.75 Å². The Morgan fingerprint density at radius 1 is 1.33 bits per heavy atom. The SMILES string of the molecule is OC1CNCC1Oc1cccc(F)c1F. The number of halogens is 2. The van der Waals surface area contributed by atoms with Gasteiger partial charge in [-0.1, -0.05) is 6.07 Å². The Balaban J connectivity index is 2.13. The maximum absolute atomic E-state index is 13.2. The molecular formula is C10H11F2NO2. The second-order valence-corrected chi connectivity index (χ2v) is 3.43. The van der Waals surface area contributed by atoms with Crippen LogP contribution in [-0.2, 0) is 0 Å². The zero-order valence-corrected chi connectivity index (χ0v) is 7.91. The van der Waals surface area contributed by atoms with Crippen molar-refractivity contribution in [2.45, 2.75) is 12.2 Å². The summed E-state index contributed by atoms with van der Waals surface area (Å²) in [6.45, 7) is 0.832. The summed E-state index contributed by atoms with van der Waals surface area (Å²) >= 11 is 0. The van der Waals surface area contributed by atoms with Crippen molar-refractivity contribution in [3.05, 3.63) is 29.8 Å². The molecule has 1 aromatic carbocycles. The van der Waals surface area contributed by atoms with Gasteiger partial charge in [0.05, 0.1) is 0 Å². The minimum atomic E-state index is -1.02. The van der Waals surface area contributed by atoms with Crippen molar-refractivity contribution in [3.63, 3.8) is 0 Å². The Kier molecular flexibility index (Phi) is 2.83. The molecule has 1 heterocycles. The fourth-order valence-electron chi connectivity index (χ4n) is 1.50. The quantitative estimate of drug-likeness (QED) is 0.762. The smallest absolute Gasteiger partial charge is 0.200 e. The van der Waals surface area contributed by atoms with Crippen LogP contribution in [0.25, 0.3) is 0 Å². The predicted molar refractivity (Wildman–Crippen MR) is 49.7 cm³/mol. The molecule has 1 saturated heterocycles. The summed E-state index contributed by atoms with van der Waals surface area (Å²) < 4.78 is 31.2. The monoisotopic (exact) mass is 215 g/mol. The zero-order chi connectivity index (χ0) is 10.8. The van der Waals surface area contributed by atoms with Gasteiger partial charge in [0.25, 0.3) is 0 Å². The molecule has 2 atom stereocenters. The molecule has 2 unspecified atom stereocenters. The predicted octanol–water partition coefficient (Wildman–Crippen LogP) is 0.676. The van der Waals surface area contributed by atoms with E-state index in [0.29, 0.717) is 13.1 Å². The maximum Gasteiger partial charge on any atom is 0.200 e. The van der Waals surface area contributed by atoms with Gasteiger partial charge in [0.1, 0.15) is 12.2 Å². The normalized spacial score (nSPS) is 25.5. The molecule has 0 aliphatic carbocycles. The van der Waals surface area contributed by atoms with E-state index >= 15 is 0 Å². The molecule has 1 aliphatic heterocycles. The van der Waals surface area contributed by atoms with Gasteiger partial charge in [0, 0.05) is 13.1 Å². The zero-order valence-electron chi connectivity index (χ0n) is 7.91. The van der Waals surface area contributed by atoms with Gasteiger partial charge in [0.15, 0.2) is 11.6 Å². The largest absolute Gasteiger partial charge is 0.483 e. The maximum atomic E-state index is 13.2. The molecule has 5 heteroatoms. The lowest BCUT2D eigenvalue weighted by Gasteiger charge is -2.16. The summed E-state index contributed by atoms with van der Waals surface area (Å²) in [5.41, 5.74) is 0. The Morgan fingerprint density at radius 3 is 2.80 bits per heavy atom. The standard InChI is InChI=1S/C10H11F2NO2/c11-6-2-1-3-8(10(6)12)15-9-5-13-4-7(9)14/h1-3,7,9,13-14H,4-5H2. The molecule has 1 aromatic rings. The van der Waals surface area contributed by atoms with E-state index in [1.807, 2.05) is 0 Å². The Bertz CT molecular complexity index is 359. The Labute approximate surface area is 85.7 Å². The van der Waals surface area contributed by atoms with Crippen LogP contribution < -0.4 is 10.1 Å². The van der Waals surface area contributed by atoms with Gasteiger partial charge in [0.2, 0.25) is 5.82 Å². The summed E-state index contributed by atoms with van der Waals surface area (Å²) in [6, 6.07) is 3.72. The van der Waals surface area contributed by atoms with Crippen molar-refractivity contribution in [1.29, 1.82) is 0 Å². The third-order valence-corrected chi connectivity index (χ3v) is 2.32. The average molecular weight is 215 g/mol. The minimum absolute atomic E-state index is 0.164. The number of aliphatic hydroxyl groups is 1. The van der Waals surface area contributed by atoms with Crippen LogP contribution in [0, 0.1) is 11.6 Å². The van der Waals surface area contributed by atoms with Crippen LogP contribution in [0.1, 0.15) is 0 Å². The Hall–Kier alpha value is -1.20. The van der Waals surface area contributed by atoms with Crippen molar-refractivity contribution in [3.8, 4) is 5.75 Å². The van der Waals surface area contributed by atoms with E-state index in [9.17, 15) is 13.9 Å². The van der Waals surface area contributed by atoms with Gasteiger partial charge in [-0.25, -0.2) is 4.39 Å². The summed E-state index contributed by atoms with van der Waals surface area (Å²) in [4.78, 5) is 0. The van der Waals surface area contributed by atoms with Gasteiger partial charge in [-0.05, 0) is 12.1 Å². The van der Waals surface area contributed by atoms with Crippen LogP contribution in [-0.4, -0.2) is 30.4 Å². The molecule has 0 radical (unpaired) electrons. The van der Waals surface area contributed by atoms with Gasteiger partial charge in [-0.3, -0.25) is 0 Å². The number of β-amino-alcohol motifs (C(OH)–C–C–N with tert-alkyl or cyclic N) is 1. The summed E-state index contributed by atoms with van der Waals surface area (Å²) in [5.74, 6) is -2.13. The first-order chi connectivity index (χ1) is 7.18. The number of benzene rings is 1. The highest BCUT2D eigenvalue weighted by molar-refractivity contribution is 5.25. The first-order valence-electron chi connectivity index (χ1n) is 4.68. The lowest BCUT2D eigenvalue weighted by Crippen LogP contribution is -2.30. The fraction of sp³-hybridized carbons (Fsp3) is 0.400. The molecule has 2 rings (SSSR count). The highest BCUT2D eigenvalue weighted by atomic mass is 19.2. The molecule has 1 fully saturated rings. The fourth-order valence-corrected chi connectivity index (χ4v) is 1.50. The van der Waals surface area contributed by atoms with Crippen molar-refractivity contribution >= 4 is 0 Å². The third kappa shape index (κ3) is 2.08. The van der Waals surface area contributed by atoms with E-state index in [0.717, 1.165) is 6.07 Å². The second kappa shape index (κ2) is 4.12. The van der Waals surface area contributed by atoms with Gasteiger partial charge < -0.3 is 15.2 Å². The van der Waals surface area contributed by atoms with E-state index in [1.54, 1.807) is 0 Å². The Morgan fingerprint density at radius 2 is 2.13 bits per heavy atom.